The van der Waals surface area contributed by atoms with Crippen LogP contribution in [-0.2, 0) is 19.1 Å². The van der Waals surface area contributed by atoms with Gasteiger partial charge in [-0.25, -0.2) is 0 Å². The fourth-order valence-corrected chi connectivity index (χ4v) is 7.96. The van der Waals surface area contributed by atoms with E-state index < -0.39 is 29.6 Å². The minimum Gasteiger partial charge on any atom is -0.497 e. The Balaban J connectivity index is 1.33. The van der Waals surface area contributed by atoms with Crippen LogP contribution in [0, 0.1) is 23.7 Å². The van der Waals surface area contributed by atoms with E-state index in [-0.39, 0.29) is 35.7 Å². The lowest BCUT2D eigenvalue weighted by molar-refractivity contribution is -0.146. The number of methoxy groups -OCH3 is 1. The highest BCUT2D eigenvalue weighted by molar-refractivity contribution is 6.03. The Morgan fingerprint density at radius 3 is 2.62 bits per heavy atom. The molecule has 8 nitrogen and oxygen atoms in total. The number of hydrogen-bond donors (Lipinski definition) is 2. The summed E-state index contributed by atoms with van der Waals surface area (Å²) in [4.78, 5) is 44.2. The van der Waals surface area contributed by atoms with Gasteiger partial charge >= 0.3 is 0 Å². The molecule has 5 aliphatic rings. The van der Waals surface area contributed by atoms with Crippen molar-refractivity contribution >= 4 is 23.4 Å². The first kappa shape index (κ1) is 26.4. The highest BCUT2D eigenvalue weighted by Crippen LogP contribution is 2.57. The Morgan fingerprint density at radius 1 is 1.05 bits per heavy atom. The van der Waals surface area contributed by atoms with Gasteiger partial charge in [0.1, 0.15) is 17.4 Å². The van der Waals surface area contributed by atoms with Gasteiger partial charge < -0.3 is 25.0 Å². The van der Waals surface area contributed by atoms with E-state index >= 15 is 0 Å². The minimum atomic E-state index is -1.13. The molecule has 2 saturated heterocycles. The molecule has 4 unspecified atom stereocenters. The number of carbonyl (C=O) groups is 3. The number of nitrogens with one attached hydrogen (secondary N) is 2. The molecule has 2 bridgehead atoms. The fourth-order valence-electron chi connectivity index (χ4n) is 7.96. The molecule has 1 spiro atoms. The van der Waals surface area contributed by atoms with Gasteiger partial charge in [0, 0.05) is 23.8 Å². The average molecular weight is 536 g/mol. The van der Waals surface area contributed by atoms with Crippen molar-refractivity contribution < 1.29 is 23.9 Å². The molecule has 8 atom stereocenters. The number of rotatable bonds is 6. The van der Waals surface area contributed by atoms with Crippen molar-refractivity contribution in [2.24, 2.45) is 23.7 Å². The van der Waals surface area contributed by atoms with Gasteiger partial charge in [0.15, 0.2) is 0 Å². The smallest absolute Gasteiger partial charge is 0.246 e. The van der Waals surface area contributed by atoms with E-state index in [9.17, 15) is 14.4 Å². The van der Waals surface area contributed by atoms with Crippen molar-refractivity contribution in [3.05, 3.63) is 36.4 Å². The third-order valence-corrected chi connectivity index (χ3v) is 10.2. The van der Waals surface area contributed by atoms with Crippen LogP contribution in [-0.4, -0.2) is 59.6 Å². The Morgan fingerprint density at radius 2 is 1.85 bits per heavy atom. The summed E-state index contributed by atoms with van der Waals surface area (Å²) in [5.41, 5.74) is -0.527. The summed E-state index contributed by atoms with van der Waals surface area (Å²) >= 11 is 0. The quantitative estimate of drug-likeness (QED) is 0.536. The van der Waals surface area contributed by atoms with Gasteiger partial charge in [0.25, 0.3) is 0 Å². The van der Waals surface area contributed by atoms with Crippen LogP contribution in [0.15, 0.2) is 36.4 Å². The first-order chi connectivity index (χ1) is 18.8. The van der Waals surface area contributed by atoms with Gasteiger partial charge in [-0.15, -0.1) is 0 Å². The van der Waals surface area contributed by atoms with Crippen LogP contribution in [0.4, 0.5) is 5.69 Å². The Labute approximate surface area is 230 Å². The molecular weight excluding hydrogens is 494 g/mol. The summed E-state index contributed by atoms with van der Waals surface area (Å²) < 4.78 is 11.9. The molecule has 210 valence electrons. The van der Waals surface area contributed by atoms with Crippen molar-refractivity contribution in [1.82, 2.24) is 10.2 Å². The summed E-state index contributed by atoms with van der Waals surface area (Å²) in [6, 6.07) is 6.48. The highest BCUT2D eigenvalue weighted by atomic mass is 16.5. The van der Waals surface area contributed by atoms with E-state index in [0.29, 0.717) is 17.4 Å². The summed E-state index contributed by atoms with van der Waals surface area (Å²) in [6.07, 6.45) is 11.6. The first-order valence-electron chi connectivity index (χ1n) is 14.8. The molecule has 1 aromatic carbocycles. The molecule has 0 radical (unpaired) electrons. The zero-order chi connectivity index (χ0) is 27.3. The Hall–Kier alpha value is -2.87. The van der Waals surface area contributed by atoms with Crippen LogP contribution in [0.25, 0.3) is 0 Å². The van der Waals surface area contributed by atoms with Gasteiger partial charge in [-0.05, 0) is 43.2 Å². The van der Waals surface area contributed by atoms with E-state index in [2.05, 4.69) is 24.5 Å². The number of anilines is 1. The zero-order valence-corrected chi connectivity index (χ0v) is 23.2. The van der Waals surface area contributed by atoms with Crippen LogP contribution in [0.3, 0.4) is 0 Å². The first-order valence-corrected chi connectivity index (χ1v) is 14.8. The molecule has 1 aromatic rings. The zero-order valence-electron chi connectivity index (χ0n) is 23.2. The number of ether oxygens (including phenoxy) is 2. The minimum absolute atomic E-state index is 0.0542. The number of likely N-dealkylation sites (tertiary alicyclic amines) is 1. The SMILES string of the molecule is COc1cccc(NC(=O)[C@H]2[C@@H]3C=C[C@]4(O3)C(C(=O)NC3CCCCC3)N(C3CCCC(C)C3C)C(=O)[C@@H]24)c1. The van der Waals surface area contributed by atoms with Crippen LogP contribution in [0.5, 0.6) is 5.75 Å². The Bertz CT molecular complexity index is 1160. The van der Waals surface area contributed by atoms with Crippen molar-refractivity contribution in [3.63, 3.8) is 0 Å². The molecule has 8 heteroatoms. The summed E-state index contributed by atoms with van der Waals surface area (Å²) in [5, 5.41) is 6.29. The number of fused-ring (bicyclic) bond motifs is 1. The topological polar surface area (TPSA) is 97.0 Å². The van der Waals surface area contributed by atoms with Crippen LogP contribution >= 0.6 is 0 Å². The van der Waals surface area contributed by atoms with Crippen LogP contribution in [0.2, 0.25) is 0 Å². The van der Waals surface area contributed by atoms with Gasteiger partial charge in [0.2, 0.25) is 17.7 Å². The third-order valence-electron chi connectivity index (χ3n) is 10.2. The maximum atomic E-state index is 14.4. The van der Waals surface area contributed by atoms with Gasteiger partial charge in [-0.1, -0.05) is 64.2 Å². The molecule has 3 aliphatic heterocycles. The summed E-state index contributed by atoms with van der Waals surface area (Å²) in [6.45, 7) is 4.44. The van der Waals surface area contributed by atoms with Crippen LogP contribution < -0.4 is 15.4 Å². The number of amides is 3. The van der Waals surface area contributed by atoms with Crippen molar-refractivity contribution in [1.29, 1.82) is 0 Å². The second kappa shape index (κ2) is 10.3. The van der Waals surface area contributed by atoms with Gasteiger partial charge in [0.05, 0.1) is 25.0 Å². The van der Waals surface area contributed by atoms with Gasteiger partial charge in [-0.2, -0.15) is 0 Å². The standard InChI is InChI=1S/C31H41N3O5/c1-18-9-7-14-23(19(18)2)34-27(29(36)32-20-10-5-4-6-11-20)31-16-15-24(39-31)25(26(31)30(34)37)28(35)33-21-12-8-13-22(17-21)38-3/h8,12-13,15-20,23-27H,4-7,9-11,14H2,1-3H3,(H,32,36)(H,33,35)/t18?,19?,23?,24-,25-,26+,27?,31+/m0/s1. The van der Waals surface area contributed by atoms with Crippen molar-refractivity contribution in [3.8, 4) is 5.75 Å². The summed E-state index contributed by atoms with van der Waals surface area (Å²) in [7, 11) is 1.58. The average Bonchev–Trinajstić information content (AvgIpc) is 3.58. The highest BCUT2D eigenvalue weighted by Gasteiger charge is 2.73. The van der Waals surface area contributed by atoms with Crippen LogP contribution in [0.1, 0.15) is 65.2 Å². The molecule has 0 aromatic heterocycles. The molecule has 4 fully saturated rings. The summed E-state index contributed by atoms with van der Waals surface area (Å²) in [5.74, 6) is -0.619. The molecule has 2 N–H and O–H groups in total. The molecule has 2 aliphatic carbocycles. The maximum absolute atomic E-state index is 14.4. The van der Waals surface area contributed by atoms with E-state index in [1.807, 2.05) is 29.2 Å². The predicted octanol–water partition coefficient (Wildman–Crippen LogP) is 4.06. The second-order valence-electron chi connectivity index (χ2n) is 12.3. The number of nitrogens with zero attached hydrogens (tertiary/aromatic N) is 1. The number of carbonyl (C=O) groups excluding carboxylic acids is 3. The number of hydrogen-bond acceptors (Lipinski definition) is 5. The molecule has 6 rings (SSSR count). The third kappa shape index (κ3) is 4.35. The molecule has 39 heavy (non-hydrogen) atoms. The second-order valence-corrected chi connectivity index (χ2v) is 12.3. The number of benzene rings is 1. The normalized spacial score (nSPS) is 37.6. The molecule has 2 saturated carbocycles. The fraction of sp³-hybridized carbons (Fsp3) is 0.645. The molecular formula is C31H41N3O5. The van der Waals surface area contributed by atoms with E-state index in [1.165, 1.54) is 6.42 Å². The van der Waals surface area contributed by atoms with Gasteiger partial charge in [-0.3, -0.25) is 14.4 Å². The van der Waals surface area contributed by atoms with Crippen molar-refractivity contribution in [2.75, 3.05) is 12.4 Å². The lowest BCUT2D eigenvalue weighted by atomic mass is 9.74. The maximum Gasteiger partial charge on any atom is 0.246 e. The van der Waals surface area contributed by atoms with E-state index in [1.54, 1.807) is 19.2 Å². The van der Waals surface area contributed by atoms with E-state index in [4.69, 9.17) is 9.47 Å². The monoisotopic (exact) mass is 535 g/mol. The largest absolute Gasteiger partial charge is 0.497 e. The lowest BCUT2D eigenvalue weighted by Gasteiger charge is -2.44. The predicted molar refractivity (Wildman–Crippen MR) is 147 cm³/mol. The Kier molecular flexibility index (Phi) is 6.94. The van der Waals surface area contributed by atoms with Crippen molar-refractivity contribution in [2.45, 2.75) is 95.0 Å². The molecule has 3 heterocycles. The molecule has 3 amide bonds. The lowest BCUT2D eigenvalue weighted by Crippen LogP contribution is -2.60. The van der Waals surface area contributed by atoms with E-state index in [0.717, 1.165) is 44.9 Å².